The van der Waals surface area contributed by atoms with Crippen molar-refractivity contribution in [1.29, 1.82) is 5.41 Å². The molecule has 2 aliphatic heterocycles. The highest BCUT2D eigenvalue weighted by atomic mass is 35.5. The molecule has 0 spiro atoms. The Balaban J connectivity index is 1.72. The van der Waals surface area contributed by atoms with Gasteiger partial charge in [-0.15, -0.1) is 0 Å². The Bertz CT molecular complexity index is 1090. The molecule has 0 saturated heterocycles. The Morgan fingerprint density at radius 1 is 1.19 bits per heavy atom. The molecule has 0 aromatic heterocycles. The van der Waals surface area contributed by atoms with Crippen LogP contribution in [0, 0.1) is 12.3 Å². The third kappa shape index (κ3) is 3.32. The Labute approximate surface area is 169 Å². The number of amidine groups is 2. The number of hydrogen-bond donors (Lipinski definition) is 1. The molecule has 134 valence electrons. The van der Waals surface area contributed by atoms with Crippen molar-refractivity contribution in [1.82, 2.24) is 5.01 Å². The van der Waals surface area contributed by atoms with Crippen molar-refractivity contribution in [3.63, 3.8) is 0 Å². The van der Waals surface area contributed by atoms with E-state index < -0.39 is 5.91 Å². The second-order valence-corrected chi connectivity index (χ2v) is 7.71. The number of hydrazone groups is 1. The molecule has 0 unspecified atom stereocenters. The van der Waals surface area contributed by atoms with E-state index in [4.69, 9.17) is 28.6 Å². The minimum absolute atomic E-state index is 0.0351. The van der Waals surface area contributed by atoms with Gasteiger partial charge in [-0.25, -0.2) is 0 Å². The second-order valence-electron chi connectivity index (χ2n) is 5.91. The summed E-state index contributed by atoms with van der Waals surface area (Å²) in [6, 6.07) is 12.8. The van der Waals surface area contributed by atoms with Gasteiger partial charge < -0.3 is 0 Å². The van der Waals surface area contributed by atoms with Gasteiger partial charge in [0, 0.05) is 15.6 Å². The summed E-state index contributed by atoms with van der Waals surface area (Å²) < 4.78 is 0. The quantitative estimate of drug-likeness (QED) is 0.705. The van der Waals surface area contributed by atoms with Gasteiger partial charge in [0.2, 0.25) is 5.17 Å². The molecule has 0 atom stereocenters. The van der Waals surface area contributed by atoms with Gasteiger partial charge in [0.25, 0.3) is 5.91 Å². The lowest BCUT2D eigenvalue weighted by Crippen LogP contribution is -2.35. The average Bonchev–Trinajstić information content (AvgIpc) is 3.04. The van der Waals surface area contributed by atoms with Crippen LogP contribution in [-0.2, 0) is 4.79 Å². The van der Waals surface area contributed by atoms with E-state index in [1.165, 1.54) is 22.8 Å². The van der Waals surface area contributed by atoms with Gasteiger partial charge in [-0.2, -0.15) is 15.1 Å². The number of rotatable bonds is 2. The summed E-state index contributed by atoms with van der Waals surface area (Å²) in [7, 11) is 0. The monoisotopic (exact) mass is 414 g/mol. The Morgan fingerprint density at radius 3 is 2.70 bits per heavy atom. The van der Waals surface area contributed by atoms with Crippen LogP contribution in [0.15, 0.2) is 58.1 Å². The van der Waals surface area contributed by atoms with Crippen molar-refractivity contribution in [2.24, 2.45) is 10.1 Å². The minimum Gasteiger partial charge on any atom is -0.282 e. The van der Waals surface area contributed by atoms with Crippen LogP contribution in [0.2, 0.25) is 10.0 Å². The Kier molecular flexibility index (Phi) is 4.63. The molecule has 0 radical (unpaired) electrons. The van der Waals surface area contributed by atoms with Crippen LogP contribution in [0.3, 0.4) is 0 Å². The number of nitrogens with one attached hydrogen (secondary N) is 1. The highest BCUT2D eigenvalue weighted by molar-refractivity contribution is 8.27. The highest BCUT2D eigenvalue weighted by Gasteiger charge is 2.36. The zero-order valence-electron chi connectivity index (χ0n) is 14.0. The lowest BCUT2D eigenvalue weighted by Gasteiger charge is -2.20. The molecule has 0 aliphatic carbocycles. The predicted molar refractivity (Wildman–Crippen MR) is 112 cm³/mol. The topological polar surface area (TPSA) is 68.9 Å². The standard InChI is InChI=1S/C19H12Cl2N4OS/c1-10-4-2-3-5-13(10)18-24-25-16(22)14(17(26)23-19(25)27-18)8-11-6-7-12(20)9-15(11)21/h2-9,22H,1H3. The zero-order valence-corrected chi connectivity index (χ0v) is 16.4. The van der Waals surface area contributed by atoms with Gasteiger partial charge >= 0.3 is 0 Å². The number of amides is 1. The third-order valence-corrected chi connectivity index (χ3v) is 5.60. The third-order valence-electron chi connectivity index (χ3n) is 4.09. The van der Waals surface area contributed by atoms with Gasteiger partial charge in [0.15, 0.2) is 5.84 Å². The Morgan fingerprint density at radius 2 is 1.96 bits per heavy atom. The maximum absolute atomic E-state index is 12.5. The number of carbonyl (C=O) groups excluding carboxylic acids is 1. The smallest absolute Gasteiger partial charge is 0.282 e. The maximum Gasteiger partial charge on any atom is 0.283 e. The van der Waals surface area contributed by atoms with E-state index in [1.807, 2.05) is 31.2 Å². The molecule has 4 rings (SSSR count). The number of halogens is 2. The van der Waals surface area contributed by atoms with Crippen molar-refractivity contribution >= 4 is 63.0 Å². The van der Waals surface area contributed by atoms with Crippen LogP contribution in [-0.4, -0.2) is 27.0 Å². The molecule has 2 aromatic rings. The molecule has 27 heavy (non-hydrogen) atoms. The Hall–Kier alpha value is -2.41. The summed E-state index contributed by atoms with van der Waals surface area (Å²) in [5.74, 6) is -0.530. The molecule has 2 heterocycles. The van der Waals surface area contributed by atoms with Crippen LogP contribution in [0.1, 0.15) is 16.7 Å². The first-order valence-corrected chi connectivity index (χ1v) is 9.52. The largest absolute Gasteiger partial charge is 0.283 e. The molecular formula is C19H12Cl2N4OS. The average molecular weight is 415 g/mol. The van der Waals surface area contributed by atoms with E-state index in [9.17, 15) is 4.79 Å². The highest BCUT2D eigenvalue weighted by Crippen LogP contribution is 2.32. The summed E-state index contributed by atoms with van der Waals surface area (Å²) in [5.41, 5.74) is 2.72. The lowest BCUT2D eigenvalue weighted by atomic mass is 10.1. The molecule has 2 aromatic carbocycles. The maximum atomic E-state index is 12.5. The second kappa shape index (κ2) is 6.96. The molecule has 0 fully saturated rings. The number of aryl methyl sites for hydroxylation is 1. The summed E-state index contributed by atoms with van der Waals surface area (Å²) >= 11 is 13.4. The van der Waals surface area contributed by atoms with E-state index in [1.54, 1.807) is 18.2 Å². The number of hydrogen-bond acceptors (Lipinski definition) is 4. The number of benzene rings is 2. The van der Waals surface area contributed by atoms with Gasteiger partial charge in [-0.05, 0) is 48.0 Å². The fourth-order valence-electron chi connectivity index (χ4n) is 2.69. The number of thioether (sulfide) groups is 1. The summed E-state index contributed by atoms with van der Waals surface area (Å²) in [4.78, 5) is 16.6. The summed E-state index contributed by atoms with van der Waals surface area (Å²) in [6.07, 6.45) is 1.54. The van der Waals surface area contributed by atoms with Crippen LogP contribution in [0.4, 0.5) is 0 Å². The fourth-order valence-corrected chi connectivity index (χ4v) is 4.13. The predicted octanol–water partition coefficient (Wildman–Crippen LogP) is 4.97. The van der Waals surface area contributed by atoms with Crippen LogP contribution >= 0.6 is 35.0 Å². The van der Waals surface area contributed by atoms with E-state index in [0.29, 0.717) is 25.8 Å². The van der Waals surface area contributed by atoms with Gasteiger partial charge in [0.05, 0.1) is 5.57 Å². The zero-order chi connectivity index (χ0) is 19.1. The summed E-state index contributed by atoms with van der Waals surface area (Å²) in [5, 5.41) is 16.3. The van der Waals surface area contributed by atoms with E-state index >= 15 is 0 Å². The fraction of sp³-hybridized carbons (Fsp3) is 0.0526. The van der Waals surface area contributed by atoms with Crippen molar-refractivity contribution in [3.8, 4) is 0 Å². The first-order chi connectivity index (χ1) is 12.9. The van der Waals surface area contributed by atoms with Crippen molar-refractivity contribution in [2.45, 2.75) is 6.92 Å². The van der Waals surface area contributed by atoms with Gasteiger partial charge in [-0.3, -0.25) is 10.2 Å². The molecule has 0 bridgehead atoms. The number of nitrogens with zero attached hydrogens (tertiary/aromatic N) is 3. The van der Waals surface area contributed by atoms with Crippen molar-refractivity contribution < 1.29 is 4.79 Å². The van der Waals surface area contributed by atoms with Crippen molar-refractivity contribution in [2.75, 3.05) is 0 Å². The molecule has 8 heteroatoms. The van der Waals surface area contributed by atoms with Gasteiger partial charge in [0.1, 0.15) is 5.04 Å². The van der Waals surface area contributed by atoms with Crippen LogP contribution in [0.25, 0.3) is 6.08 Å². The number of carbonyl (C=O) groups is 1. The number of fused-ring (bicyclic) bond motifs is 1. The van der Waals surface area contributed by atoms with Gasteiger partial charge in [-0.1, -0.05) is 53.5 Å². The SMILES string of the molecule is Cc1ccccc1C1=NN2C(=N)C(=Cc3ccc(Cl)cc3Cl)C(=O)N=C2S1. The molecule has 5 nitrogen and oxygen atoms in total. The lowest BCUT2D eigenvalue weighted by molar-refractivity contribution is -0.114. The summed E-state index contributed by atoms with van der Waals surface area (Å²) in [6.45, 7) is 1.99. The van der Waals surface area contributed by atoms with E-state index in [-0.39, 0.29) is 11.4 Å². The van der Waals surface area contributed by atoms with Crippen LogP contribution < -0.4 is 0 Å². The molecule has 1 N–H and O–H groups in total. The minimum atomic E-state index is -0.494. The molecular weight excluding hydrogens is 403 g/mol. The van der Waals surface area contributed by atoms with E-state index in [2.05, 4.69) is 10.1 Å². The molecule has 0 saturated carbocycles. The first-order valence-electron chi connectivity index (χ1n) is 7.95. The molecule has 2 aliphatic rings. The van der Waals surface area contributed by atoms with Crippen molar-refractivity contribution in [3.05, 3.63) is 74.8 Å². The molecule has 1 amide bonds. The van der Waals surface area contributed by atoms with E-state index in [0.717, 1.165) is 11.1 Å². The number of aliphatic imine (C=N–C) groups is 1. The first kappa shape index (κ1) is 18.0. The van der Waals surface area contributed by atoms with Crippen LogP contribution in [0.5, 0.6) is 0 Å². The normalized spacial score (nSPS) is 17.9.